The number of nitrogens with one attached hydrogen (secondary N) is 1. The first-order valence-electron chi connectivity index (χ1n) is 11.7. The molecule has 3 nitrogen and oxygen atoms in total. The van der Waals surface area contributed by atoms with Gasteiger partial charge in [0.1, 0.15) is 4.99 Å². The number of nitrogens with zero attached hydrogens (tertiary/aromatic N) is 2. The molecule has 2 aromatic carbocycles. The quantitative estimate of drug-likeness (QED) is 0.320. The highest BCUT2D eigenvalue weighted by atomic mass is 35.5. The van der Waals surface area contributed by atoms with Crippen molar-refractivity contribution in [1.29, 1.82) is 0 Å². The molecule has 0 bridgehead atoms. The van der Waals surface area contributed by atoms with Crippen LogP contribution in [0.1, 0.15) is 52.0 Å². The van der Waals surface area contributed by atoms with Gasteiger partial charge >= 0.3 is 0 Å². The van der Waals surface area contributed by atoms with Crippen molar-refractivity contribution in [1.82, 2.24) is 10.2 Å². The Morgan fingerprint density at radius 3 is 2.50 bits per heavy atom. The molecule has 0 amide bonds. The zero-order chi connectivity index (χ0) is 21.8. The van der Waals surface area contributed by atoms with Crippen LogP contribution in [-0.4, -0.2) is 42.1 Å². The molecule has 0 aromatic heterocycles. The summed E-state index contributed by atoms with van der Waals surface area (Å²) in [5, 5.41) is 3.48. The predicted molar refractivity (Wildman–Crippen MR) is 145 cm³/mol. The lowest BCUT2D eigenvalue weighted by Crippen LogP contribution is -2.40. The number of fused-ring (bicyclic) bond motifs is 2. The lowest BCUT2D eigenvalue weighted by atomic mass is 10.1. The van der Waals surface area contributed by atoms with Crippen molar-refractivity contribution in [2.75, 3.05) is 31.1 Å². The van der Waals surface area contributed by atoms with Crippen molar-refractivity contribution in [3.8, 4) is 0 Å². The Morgan fingerprint density at radius 2 is 1.75 bits per heavy atom. The van der Waals surface area contributed by atoms with Crippen molar-refractivity contribution in [3.63, 3.8) is 0 Å². The number of hydrogen-bond donors (Lipinski definition) is 1. The average Bonchev–Trinajstić information content (AvgIpc) is 3.27. The number of thiocarbonyl (C=S) groups is 1. The fraction of sp³-hybridized carbons (Fsp3) is 0.500. The first kappa shape index (κ1) is 25.4. The molecule has 0 aliphatic carbocycles. The molecule has 2 aliphatic heterocycles. The maximum Gasteiger partial charge on any atom is 0.106 e. The van der Waals surface area contributed by atoms with Gasteiger partial charge in [-0.2, -0.15) is 0 Å². The minimum Gasteiger partial charge on any atom is -0.376 e. The van der Waals surface area contributed by atoms with Gasteiger partial charge in [0, 0.05) is 34.5 Å². The molecule has 1 unspecified atom stereocenters. The molecule has 1 saturated heterocycles. The molecule has 1 fully saturated rings. The third-order valence-electron chi connectivity index (χ3n) is 6.23. The van der Waals surface area contributed by atoms with Crippen molar-refractivity contribution in [2.45, 2.75) is 62.3 Å². The van der Waals surface area contributed by atoms with Gasteiger partial charge in [-0.05, 0) is 75.9 Å². The van der Waals surface area contributed by atoms with E-state index < -0.39 is 0 Å². The fourth-order valence-corrected chi connectivity index (χ4v) is 5.92. The third kappa shape index (κ3) is 5.99. The summed E-state index contributed by atoms with van der Waals surface area (Å²) < 4.78 is 0. The Bertz CT molecular complexity index is 912. The largest absolute Gasteiger partial charge is 0.376 e. The van der Waals surface area contributed by atoms with Gasteiger partial charge in [-0.25, -0.2) is 0 Å². The molecular formula is C26H36ClN3S2. The minimum absolute atomic E-state index is 0. The summed E-state index contributed by atoms with van der Waals surface area (Å²) in [7, 11) is 0. The van der Waals surface area contributed by atoms with Crippen molar-refractivity contribution in [2.24, 2.45) is 5.92 Å². The van der Waals surface area contributed by atoms with Gasteiger partial charge in [0.2, 0.25) is 0 Å². The summed E-state index contributed by atoms with van der Waals surface area (Å²) in [6.45, 7) is 11.4. The lowest BCUT2D eigenvalue weighted by molar-refractivity contribution is 0.319. The summed E-state index contributed by atoms with van der Waals surface area (Å²) in [5.74, 6) is 0.738. The van der Waals surface area contributed by atoms with E-state index in [9.17, 15) is 0 Å². The van der Waals surface area contributed by atoms with Gasteiger partial charge in [0.05, 0.1) is 11.4 Å². The van der Waals surface area contributed by atoms with Crippen LogP contribution in [-0.2, 0) is 0 Å². The normalized spacial score (nSPS) is 16.3. The molecule has 2 aliphatic rings. The smallest absolute Gasteiger partial charge is 0.106 e. The summed E-state index contributed by atoms with van der Waals surface area (Å²) in [5.41, 5.74) is 3.73. The number of hydrogen-bond acceptors (Lipinski definition) is 4. The predicted octanol–water partition coefficient (Wildman–Crippen LogP) is 6.90. The van der Waals surface area contributed by atoms with Crippen LogP contribution < -0.4 is 10.2 Å². The highest BCUT2D eigenvalue weighted by Gasteiger charge is 2.29. The number of rotatable bonds is 8. The van der Waals surface area contributed by atoms with Crippen molar-refractivity contribution < 1.29 is 0 Å². The van der Waals surface area contributed by atoms with Gasteiger partial charge < -0.3 is 15.1 Å². The molecule has 174 valence electrons. The highest BCUT2D eigenvalue weighted by molar-refractivity contribution is 7.99. The van der Waals surface area contributed by atoms with Crippen LogP contribution >= 0.6 is 36.4 Å². The molecule has 2 aromatic rings. The number of benzene rings is 2. The van der Waals surface area contributed by atoms with Crippen LogP contribution in [0.4, 0.5) is 11.4 Å². The van der Waals surface area contributed by atoms with Crippen LogP contribution in [0.2, 0.25) is 0 Å². The molecule has 4 rings (SSSR count). The van der Waals surface area contributed by atoms with E-state index in [2.05, 4.69) is 78.4 Å². The Labute approximate surface area is 209 Å². The Hall–Kier alpha value is -1.27. The number of para-hydroxylation sites is 1. The maximum atomic E-state index is 5.76. The van der Waals surface area contributed by atoms with E-state index in [0.29, 0.717) is 6.04 Å². The van der Waals surface area contributed by atoms with Crippen LogP contribution in [0.3, 0.4) is 0 Å². The van der Waals surface area contributed by atoms with E-state index in [-0.39, 0.29) is 12.4 Å². The Kier molecular flexibility index (Phi) is 9.30. The molecule has 0 spiro atoms. The summed E-state index contributed by atoms with van der Waals surface area (Å²) in [4.78, 5) is 8.68. The topological polar surface area (TPSA) is 18.5 Å². The summed E-state index contributed by atoms with van der Waals surface area (Å²) in [6.07, 6.45) is 5.05. The SMILES string of the molecule is CC(C)CCCNC(=S)c1ccc2c(c1)N(C(C)CN1CCCC1)c1ccccc1S2.Cl. The molecule has 0 radical (unpaired) electrons. The number of likely N-dealkylation sites (tertiary alicyclic amines) is 1. The molecule has 1 atom stereocenters. The number of anilines is 2. The van der Waals surface area contributed by atoms with E-state index in [1.54, 1.807) is 0 Å². The van der Waals surface area contributed by atoms with E-state index in [1.807, 2.05) is 11.8 Å². The first-order valence-corrected chi connectivity index (χ1v) is 13.0. The molecule has 32 heavy (non-hydrogen) atoms. The second kappa shape index (κ2) is 11.7. The molecule has 2 heterocycles. The average molecular weight is 490 g/mol. The summed E-state index contributed by atoms with van der Waals surface area (Å²) >= 11 is 7.63. The Balaban J connectivity index is 0.00000289. The van der Waals surface area contributed by atoms with Gasteiger partial charge in [-0.3, -0.25) is 0 Å². The fourth-order valence-electron chi connectivity index (χ4n) is 4.63. The molecule has 0 saturated carbocycles. The Morgan fingerprint density at radius 1 is 1.03 bits per heavy atom. The second-order valence-corrected chi connectivity index (χ2v) is 10.8. The zero-order valence-corrected chi connectivity index (χ0v) is 21.9. The van der Waals surface area contributed by atoms with Gasteiger partial charge in [0.15, 0.2) is 0 Å². The lowest BCUT2D eigenvalue weighted by Gasteiger charge is -2.39. The van der Waals surface area contributed by atoms with Crippen LogP contribution in [0.15, 0.2) is 52.3 Å². The second-order valence-electron chi connectivity index (χ2n) is 9.27. The van der Waals surface area contributed by atoms with Crippen LogP contribution in [0.5, 0.6) is 0 Å². The van der Waals surface area contributed by atoms with Gasteiger partial charge in [-0.1, -0.05) is 56.0 Å². The third-order valence-corrected chi connectivity index (χ3v) is 7.74. The first-order chi connectivity index (χ1) is 15.0. The van der Waals surface area contributed by atoms with E-state index in [1.165, 1.54) is 53.5 Å². The number of halogens is 1. The maximum absolute atomic E-state index is 5.76. The monoisotopic (exact) mass is 489 g/mol. The van der Waals surface area contributed by atoms with E-state index in [4.69, 9.17) is 12.2 Å². The van der Waals surface area contributed by atoms with Gasteiger partial charge in [0.25, 0.3) is 0 Å². The minimum atomic E-state index is 0. The van der Waals surface area contributed by atoms with Gasteiger partial charge in [-0.15, -0.1) is 12.4 Å². The summed E-state index contributed by atoms with van der Waals surface area (Å²) in [6, 6.07) is 16.0. The molecule has 6 heteroatoms. The zero-order valence-electron chi connectivity index (χ0n) is 19.5. The van der Waals surface area contributed by atoms with Crippen LogP contribution in [0.25, 0.3) is 0 Å². The van der Waals surface area contributed by atoms with Crippen molar-refractivity contribution >= 4 is 52.8 Å². The van der Waals surface area contributed by atoms with E-state index >= 15 is 0 Å². The van der Waals surface area contributed by atoms with Crippen molar-refractivity contribution in [3.05, 3.63) is 48.0 Å². The molecular weight excluding hydrogens is 454 g/mol. The highest BCUT2D eigenvalue weighted by Crippen LogP contribution is 2.49. The van der Waals surface area contributed by atoms with E-state index in [0.717, 1.165) is 36.0 Å². The van der Waals surface area contributed by atoms with Crippen LogP contribution in [0, 0.1) is 5.92 Å². The molecule has 1 N–H and O–H groups in total. The standard InChI is InChI=1S/C26H35N3S2.ClH/c1-19(2)9-8-14-27-26(30)21-12-13-25-23(17-21)29(20(3)18-28-15-6-7-16-28)22-10-4-5-11-24(22)31-25;/h4-5,10-13,17,19-20H,6-9,14-16,18H2,1-3H3,(H,27,30);1H.